The summed E-state index contributed by atoms with van der Waals surface area (Å²) < 4.78 is 19.0. The summed E-state index contributed by atoms with van der Waals surface area (Å²) in [6.07, 6.45) is 4.31. The molecule has 1 aromatic carbocycles. The zero-order valence-electron chi connectivity index (χ0n) is 9.92. The standard InChI is InChI=1S/C13H15ClFNO2/c14-8-13(17)16-11-6-5-9(15)7-12(11)18-10-3-1-2-4-10/h5-7,10H,1-4,8H2,(H,16,17). The lowest BCUT2D eigenvalue weighted by atomic mass is 10.2. The fourth-order valence-corrected chi connectivity index (χ4v) is 2.13. The van der Waals surface area contributed by atoms with Crippen molar-refractivity contribution in [2.24, 2.45) is 0 Å². The van der Waals surface area contributed by atoms with Gasteiger partial charge >= 0.3 is 0 Å². The van der Waals surface area contributed by atoms with Crippen LogP contribution in [0.1, 0.15) is 25.7 Å². The summed E-state index contributed by atoms with van der Waals surface area (Å²) >= 11 is 5.43. The number of anilines is 1. The van der Waals surface area contributed by atoms with Crippen LogP contribution in [0.5, 0.6) is 5.75 Å². The van der Waals surface area contributed by atoms with Gasteiger partial charge in [0, 0.05) is 6.07 Å². The first-order chi connectivity index (χ1) is 8.69. The number of ether oxygens (including phenoxy) is 1. The van der Waals surface area contributed by atoms with Gasteiger partial charge in [-0.1, -0.05) is 0 Å². The Bertz CT molecular complexity index is 433. The normalized spacial score (nSPS) is 15.7. The Morgan fingerprint density at radius 1 is 1.44 bits per heavy atom. The summed E-state index contributed by atoms with van der Waals surface area (Å²) in [5.41, 5.74) is 0.467. The molecule has 1 aliphatic rings. The Morgan fingerprint density at radius 2 is 2.17 bits per heavy atom. The second-order valence-electron chi connectivity index (χ2n) is 4.35. The summed E-state index contributed by atoms with van der Waals surface area (Å²) in [6.45, 7) is 0. The summed E-state index contributed by atoms with van der Waals surface area (Å²) in [5, 5.41) is 2.60. The molecule has 2 rings (SSSR count). The SMILES string of the molecule is O=C(CCl)Nc1ccc(F)cc1OC1CCCC1. The van der Waals surface area contributed by atoms with Crippen molar-refractivity contribution in [1.82, 2.24) is 0 Å². The van der Waals surface area contributed by atoms with E-state index in [-0.39, 0.29) is 23.7 Å². The van der Waals surface area contributed by atoms with Crippen LogP contribution in [0.4, 0.5) is 10.1 Å². The van der Waals surface area contributed by atoms with Crippen LogP contribution in [0.25, 0.3) is 0 Å². The van der Waals surface area contributed by atoms with Crippen LogP contribution in [0.2, 0.25) is 0 Å². The molecule has 1 saturated carbocycles. The highest BCUT2D eigenvalue weighted by Crippen LogP contribution is 2.30. The van der Waals surface area contributed by atoms with Gasteiger partial charge in [0.25, 0.3) is 0 Å². The third-order valence-electron chi connectivity index (χ3n) is 2.93. The molecule has 1 aliphatic carbocycles. The maximum Gasteiger partial charge on any atom is 0.239 e. The predicted molar refractivity (Wildman–Crippen MR) is 68.6 cm³/mol. The minimum Gasteiger partial charge on any atom is -0.488 e. The molecule has 0 heterocycles. The maximum atomic E-state index is 13.2. The fourth-order valence-electron chi connectivity index (χ4n) is 2.07. The average Bonchev–Trinajstić information content (AvgIpc) is 2.85. The lowest BCUT2D eigenvalue weighted by Gasteiger charge is -2.16. The molecule has 1 fully saturated rings. The topological polar surface area (TPSA) is 38.3 Å². The zero-order chi connectivity index (χ0) is 13.0. The van der Waals surface area contributed by atoms with Gasteiger partial charge in [0.2, 0.25) is 5.91 Å². The van der Waals surface area contributed by atoms with Gasteiger partial charge in [0.1, 0.15) is 17.4 Å². The molecule has 0 atom stereocenters. The Morgan fingerprint density at radius 3 is 2.83 bits per heavy atom. The number of nitrogens with one attached hydrogen (secondary N) is 1. The van der Waals surface area contributed by atoms with Gasteiger partial charge in [-0.3, -0.25) is 4.79 Å². The lowest BCUT2D eigenvalue weighted by Crippen LogP contribution is -2.16. The Balaban J connectivity index is 2.14. The molecule has 5 heteroatoms. The number of hydrogen-bond donors (Lipinski definition) is 1. The van der Waals surface area contributed by atoms with E-state index in [1.165, 1.54) is 18.2 Å². The number of rotatable bonds is 4. The van der Waals surface area contributed by atoms with Gasteiger partial charge < -0.3 is 10.1 Å². The average molecular weight is 272 g/mol. The third kappa shape index (κ3) is 3.35. The largest absolute Gasteiger partial charge is 0.488 e. The highest BCUT2D eigenvalue weighted by molar-refractivity contribution is 6.29. The fraction of sp³-hybridized carbons (Fsp3) is 0.462. The summed E-state index contributed by atoms with van der Waals surface area (Å²) in [5.74, 6) is -0.480. The van der Waals surface area contributed by atoms with Crippen LogP contribution < -0.4 is 10.1 Å². The van der Waals surface area contributed by atoms with Gasteiger partial charge in [-0.15, -0.1) is 11.6 Å². The number of alkyl halides is 1. The van der Waals surface area contributed by atoms with Gasteiger partial charge in [-0.05, 0) is 37.8 Å². The van der Waals surface area contributed by atoms with E-state index >= 15 is 0 Å². The quantitative estimate of drug-likeness (QED) is 0.853. The number of amides is 1. The van der Waals surface area contributed by atoms with Gasteiger partial charge in [0.05, 0.1) is 11.8 Å². The van der Waals surface area contributed by atoms with E-state index in [1.807, 2.05) is 0 Å². The molecule has 0 unspecified atom stereocenters. The monoisotopic (exact) mass is 271 g/mol. The Labute approximate surface area is 110 Å². The van der Waals surface area contributed by atoms with Crippen LogP contribution in [-0.4, -0.2) is 17.9 Å². The first-order valence-corrected chi connectivity index (χ1v) is 6.54. The number of hydrogen-bond acceptors (Lipinski definition) is 2. The molecule has 0 aliphatic heterocycles. The second kappa shape index (κ2) is 6.05. The Kier molecular flexibility index (Phi) is 4.42. The zero-order valence-corrected chi connectivity index (χ0v) is 10.7. The van der Waals surface area contributed by atoms with Crippen molar-refractivity contribution in [2.45, 2.75) is 31.8 Å². The van der Waals surface area contributed by atoms with Crippen molar-refractivity contribution in [2.75, 3.05) is 11.2 Å². The van der Waals surface area contributed by atoms with Crippen LogP contribution in [-0.2, 0) is 4.79 Å². The van der Waals surface area contributed by atoms with E-state index in [2.05, 4.69) is 5.32 Å². The van der Waals surface area contributed by atoms with Crippen LogP contribution in [0.15, 0.2) is 18.2 Å². The van der Waals surface area contributed by atoms with E-state index in [0.29, 0.717) is 11.4 Å². The minimum absolute atomic E-state index is 0.110. The molecular formula is C13H15ClFNO2. The molecule has 1 amide bonds. The molecule has 0 saturated heterocycles. The van der Waals surface area contributed by atoms with Gasteiger partial charge in [-0.2, -0.15) is 0 Å². The molecule has 1 N–H and O–H groups in total. The van der Waals surface area contributed by atoms with E-state index in [9.17, 15) is 9.18 Å². The van der Waals surface area contributed by atoms with Crippen molar-refractivity contribution in [3.05, 3.63) is 24.0 Å². The van der Waals surface area contributed by atoms with E-state index in [0.717, 1.165) is 25.7 Å². The molecule has 3 nitrogen and oxygen atoms in total. The second-order valence-corrected chi connectivity index (χ2v) is 4.61. The highest BCUT2D eigenvalue weighted by Gasteiger charge is 2.18. The first-order valence-electron chi connectivity index (χ1n) is 6.01. The Hall–Kier alpha value is -1.29. The number of halogens is 2. The molecule has 0 bridgehead atoms. The summed E-state index contributed by atoms with van der Waals surface area (Å²) in [4.78, 5) is 11.3. The van der Waals surface area contributed by atoms with E-state index < -0.39 is 0 Å². The van der Waals surface area contributed by atoms with Crippen molar-refractivity contribution >= 4 is 23.2 Å². The highest BCUT2D eigenvalue weighted by atomic mass is 35.5. The molecule has 0 radical (unpaired) electrons. The predicted octanol–water partition coefficient (Wildman–Crippen LogP) is 3.32. The lowest BCUT2D eigenvalue weighted by molar-refractivity contribution is -0.113. The van der Waals surface area contributed by atoms with Crippen molar-refractivity contribution in [1.29, 1.82) is 0 Å². The number of carbonyl (C=O) groups is 1. The van der Waals surface area contributed by atoms with Crippen molar-refractivity contribution in [3.8, 4) is 5.75 Å². The smallest absolute Gasteiger partial charge is 0.239 e. The minimum atomic E-state index is -0.383. The third-order valence-corrected chi connectivity index (χ3v) is 3.18. The van der Waals surface area contributed by atoms with Crippen molar-refractivity contribution in [3.63, 3.8) is 0 Å². The molecule has 18 heavy (non-hydrogen) atoms. The first kappa shape index (κ1) is 13.1. The summed E-state index contributed by atoms with van der Waals surface area (Å²) in [7, 11) is 0. The van der Waals surface area contributed by atoms with Gasteiger partial charge in [-0.25, -0.2) is 4.39 Å². The van der Waals surface area contributed by atoms with E-state index in [1.54, 1.807) is 0 Å². The van der Waals surface area contributed by atoms with Crippen LogP contribution in [0, 0.1) is 5.82 Å². The summed E-state index contributed by atoms with van der Waals surface area (Å²) in [6, 6.07) is 4.07. The molecule has 0 spiro atoms. The molecule has 0 aromatic heterocycles. The van der Waals surface area contributed by atoms with Crippen molar-refractivity contribution < 1.29 is 13.9 Å². The van der Waals surface area contributed by atoms with E-state index in [4.69, 9.17) is 16.3 Å². The molecule has 98 valence electrons. The molecular weight excluding hydrogens is 257 g/mol. The van der Waals surface area contributed by atoms with Gasteiger partial charge in [0.15, 0.2) is 0 Å². The van der Waals surface area contributed by atoms with Crippen LogP contribution in [0.3, 0.4) is 0 Å². The number of benzene rings is 1. The maximum absolute atomic E-state index is 13.2. The molecule has 1 aromatic rings. The number of carbonyl (C=O) groups excluding carboxylic acids is 1. The van der Waals surface area contributed by atoms with Crippen LogP contribution >= 0.6 is 11.6 Å².